The Kier molecular flexibility index (Phi) is 7.71. The van der Waals surface area contributed by atoms with Crippen molar-refractivity contribution in [2.45, 2.75) is 32.7 Å². The van der Waals surface area contributed by atoms with Crippen molar-refractivity contribution < 1.29 is 29.0 Å². The first-order valence-electron chi connectivity index (χ1n) is 12.0. The molecule has 0 bridgehead atoms. The molecule has 1 amide bonds. The fourth-order valence-electron chi connectivity index (χ4n) is 4.43. The van der Waals surface area contributed by atoms with E-state index in [2.05, 4.69) is 11.9 Å². The predicted octanol–water partition coefficient (Wildman–Crippen LogP) is 4.04. The molecule has 0 spiro atoms. The Morgan fingerprint density at radius 3 is 2.51 bits per heavy atom. The predicted molar refractivity (Wildman–Crippen MR) is 139 cm³/mol. The van der Waals surface area contributed by atoms with Gasteiger partial charge >= 0.3 is 11.9 Å². The highest BCUT2D eigenvalue weighted by Gasteiger charge is 2.36. The highest BCUT2D eigenvalue weighted by molar-refractivity contribution is 6.37. The Bertz CT molecular complexity index is 1360. The van der Waals surface area contributed by atoms with Crippen molar-refractivity contribution in [2.75, 3.05) is 25.7 Å². The fraction of sp³-hybridized carbons (Fsp3) is 0.286. The van der Waals surface area contributed by atoms with E-state index in [4.69, 9.17) is 9.47 Å². The molecular weight excluding hydrogens is 474 g/mol. The standard InChI is InChI=1S/C28H29N3O6/c1-4-5-9-24-29-15-20(30(24)16-18-10-12-19(13-11-18)28(35)37-3)14-22-21-7-6-8-23(36-2)26(21)31(27(22)34)17-25(32)33/h6-8,10-15H,4-5,9,16-17H2,1-3H3,(H,32,33)/b22-14-. The number of carboxylic acid groups (broad SMARTS) is 1. The molecule has 0 radical (unpaired) electrons. The van der Waals surface area contributed by atoms with Crippen molar-refractivity contribution in [2.24, 2.45) is 0 Å². The number of methoxy groups -OCH3 is 2. The number of amides is 1. The molecule has 1 N–H and O–H groups in total. The number of fused-ring (bicyclic) bond motifs is 1. The van der Waals surface area contributed by atoms with E-state index in [9.17, 15) is 19.5 Å². The number of unbranched alkanes of at least 4 members (excludes halogenated alkanes) is 1. The number of carbonyl (C=O) groups is 3. The summed E-state index contributed by atoms with van der Waals surface area (Å²) in [6.07, 6.45) is 6.22. The second-order valence-electron chi connectivity index (χ2n) is 8.68. The van der Waals surface area contributed by atoms with Crippen LogP contribution in [-0.2, 0) is 27.3 Å². The maximum absolute atomic E-state index is 13.4. The minimum absolute atomic E-state index is 0.374. The molecule has 1 aliphatic heterocycles. The monoisotopic (exact) mass is 503 g/mol. The van der Waals surface area contributed by atoms with E-state index >= 15 is 0 Å². The van der Waals surface area contributed by atoms with Gasteiger partial charge in [-0.05, 0) is 36.3 Å². The summed E-state index contributed by atoms with van der Waals surface area (Å²) in [5.41, 5.74) is 3.56. The highest BCUT2D eigenvalue weighted by atomic mass is 16.5. The molecule has 0 unspecified atom stereocenters. The summed E-state index contributed by atoms with van der Waals surface area (Å²) in [7, 11) is 2.83. The molecule has 9 heteroatoms. The van der Waals surface area contributed by atoms with Gasteiger partial charge in [-0.3, -0.25) is 14.5 Å². The van der Waals surface area contributed by atoms with Gasteiger partial charge in [-0.15, -0.1) is 0 Å². The maximum atomic E-state index is 13.4. The molecule has 4 rings (SSSR count). The van der Waals surface area contributed by atoms with Gasteiger partial charge in [0, 0.05) is 18.5 Å². The second kappa shape index (κ2) is 11.1. The first kappa shape index (κ1) is 25.7. The number of aliphatic carboxylic acids is 1. The van der Waals surface area contributed by atoms with E-state index in [1.54, 1.807) is 42.6 Å². The van der Waals surface area contributed by atoms with E-state index in [-0.39, 0.29) is 0 Å². The van der Waals surface area contributed by atoms with E-state index < -0.39 is 24.4 Å². The van der Waals surface area contributed by atoms with Gasteiger partial charge < -0.3 is 19.1 Å². The minimum Gasteiger partial charge on any atom is -0.495 e. The number of para-hydroxylation sites is 1. The lowest BCUT2D eigenvalue weighted by atomic mass is 10.1. The van der Waals surface area contributed by atoms with Gasteiger partial charge in [0.25, 0.3) is 5.91 Å². The lowest BCUT2D eigenvalue weighted by Gasteiger charge is -2.16. The average molecular weight is 504 g/mol. The van der Waals surface area contributed by atoms with E-state index in [1.165, 1.54) is 19.1 Å². The number of esters is 1. The summed E-state index contributed by atoms with van der Waals surface area (Å²) in [6.45, 7) is 2.12. The van der Waals surface area contributed by atoms with Crippen molar-refractivity contribution in [1.82, 2.24) is 9.55 Å². The summed E-state index contributed by atoms with van der Waals surface area (Å²) in [6, 6.07) is 12.4. The fourth-order valence-corrected chi connectivity index (χ4v) is 4.43. The Morgan fingerprint density at radius 1 is 1.11 bits per heavy atom. The van der Waals surface area contributed by atoms with Crippen LogP contribution in [0.2, 0.25) is 0 Å². The van der Waals surface area contributed by atoms with Gasteiger partial charge in [-0.1, -0.05) is 37.6 Å². The largest absolute Gasteiger partial charge is 0.495 e. The van der Waals surface area contributed by atoms with E-state index in [0.29, 0.717) is 34.7 Å². The quantitative estimate of drug-likeness (QED) is 0.328. The van der Waals surface area contributed by atoms with Crippen LogP contribution in [-0.4, -0.2) is 53.3 Å². The molecule has 0 aliphatic carbocycles. The van der Waals surface area contributed by atoms with Gasteiger partial charge in [0.05, 0.1) is 42.9 Å². The third-order valence-electron chi connectivity index (χ3n) is 6.28. The number of carboxylic acids is 1. The topological polar surface area (TPSA) is 111 Å². The van der Waals surface area contributed by atoms with E-state index in [1.807, 2.05) is 16.7 Å². The van der Waals surface area contributed by atoms with Crippen LogP contribution >= 0.6 is 0 Å². The van der Waals surface area contributed by atoms with Crippen molar-refractivity contribution in [3.8, 4) is 5.75 Å². The zero-order valence-corrected chi connectivity index (χ0v) is 21.1. The zero-order chi connectivity index (χ0) is 26.5. The molecule has 0 saturated carbocycles. The summed E-state index contributed by atoms with van der Waals surface area (Å²) >= 11 is 0. The number of nitrogens with zero attached hydrogens (tertiary/aromatic N) is 3. The molecule has 0 fully saturated rings. The Hall–Kier alpha value is -4.40. The maximum Gasteiger partial charge on any atom is 0.337 e. The smallest absolute Gasteiger partial charge is 0.337 e. The van der Waals surface area contributed by atoms with Gasteiger partial charge in [-0.25, -0.2) is 9.78 Å². The van der Waals surface area contributed by atoms with Crippen LogP contribution in [0.1, 0.15) is 52.8 Å². The summed E-state index contributed by atoms with van der Waals surface area (Å²) in [4.78, 5) is 42.6. The van der Waals surface area contributed by atoms with Crippen molar-refractivity contribution in [3.63, 3.8) is 0 Å². The third-order valence-corrected chi connectivity index (χ3v) is 6.28. The normalized spacial score (nSPS) is 13.6. The first-order valence-corrected chi connectivity index (χ1v) is 12.0. The van der Waals surface area contributed by atoms with Crippen LogP contribution in [0.3, 0.4) is 0 Å². The number of aryl methyl sites for hydroxylation is 1. The summed E-state index contributed by atoms with van der Waals surface area (Å²) in [5.74, 6) is -0.619. The molecular formula is C28H29N3O6. The van der Waals surface area contributed by atoms with Crippen LogP contribution in [0.25, 0.3) is 11.6 Å². The van der Waals surface area contributed by atoms with Crippen LogP contribution in [0.5, 0.6) is 5.75 Å². The summed E-state index contributed by atoms with van der Waals surface area (Å²) in [5, 5.41) is 9.42. The molecule has 37 heavy (non-hydrogen) atoms. The number of imidazole rings is 1. The SMILES string of the molecule is CCCCc1ncc(/C=C2\C(=O)N(CC(=O)O)c3c(OC)cccc32)n1Cc1ccc(C(=O)OC)cc1. The number of benzene rings is 2. The van der Waals surface area contributed by atoms with Crippen LogP contribution < -0.4 is 9.64 Å². The van der Waals surface area contributed by atoms with Gasteiger partial charge in [0.15, 0.2) is 0 Å². The lowest BCUT2D eigenvalue weighted by Crippen LogP contribution is -2.32. The molecule has 192 valence electrons. The third kappa shape index (κ3) is 5.25. The molecule has 0 saturated heterocycles. The number of hydrogen-bond acceptors (Lipinski definition) is 6. The molecule has 1 aliphatic rings. The summed E-state index contributed by atoms with van der Waals surface area (Å²) < 4.78 is 12.3. The Morgan fingerprint density at radius 2 is 1.86 bits per heavy atom. The first-order chi connectivity index (χ1) is 17.9. The molecule has 2 heterocycles. The average Bonchev–Trinajstić information content (AvgIpc) is 3.40. The Balaban J connectivity index is 1.77. The lowest BCUT2D eigenvalue weighted by molar-refractivity contribution is -0.136. The van der Waals surface area contributed by atoms with Crippen molar-refractivity contribution in [1.29, 1.82) is 0 Å². The number of aromatic nitrogens is 2. The van der Waals surface area contributed by atoms with Crippen LogP contribution in [0, 0.1) is 0 Å². The van der Waals surface area contributed by atoms with Gasteiger partial charge in [0.1, 0.15) is 18.1 Å². The minimum atomic E-state index is -1.12. The number of rotatable bonds is 10. The van der Waals surface area contributed by atoms with Crippen LogP contribution in [0.15, 0.2) is 48.7 Å². The molecule has 2 aromatic carbocycles. The molecule has 0 atom stereocenters. The number of ether oxygens (including phenoxy) is 2. The number of anilines is 1. The molecule has 3 aromatic rings. The van der Waals surface area contributed by atoms with Crippen LogP contribution in [0.4, 0.5) is 5.69 Å². The van der Waals surface area contributed by atoms with Crippen molar-refractivity contribution >= 4 is 35.2 Å². The van der Waals surface area contributed by atoms with E-state index in [0.717, 1.165) is 36.3 Å². The Labute approximate surface area is 214 Å². The van der Waals surface area contributed by atoms with Gasteiger partial charge in [0.2, 0.25) is 0 Å². The zero-order valence-electron chi connectivity index (χ0n) is 21.1. The second-order valence-corrected chi connectivity index (χ2v) is 8.68. The van der Waals surface area contributed by atoms with Crippen molar-refractivity contribution in [3.05, 3.63) is 76.9 Å². The van der Waals surface area contributed by atoms with Gasteiger partial charge in [-0.2, -0.15) is 0 Å². The number of hydrogen-bond donors (Lipinski definition) is 1. The molecule has 1 aromatic heterocycles. The highest BCUT2D eigenvalue weighted by Crippen LogP contribution is 2.43. The molecule has 9 nitrogen and oxygen atoms in total. The number of carbonyl (C=O) groups excluding carboxylic acids is 2.